The number of aromatic nitrogens is 3. The van der Waals surface area contributed by atoms with Crippen LogP contribution in [0.25, 0.3) is 11.4 Å². The van der Waals surface area contributed by atoms with Crippen LogP contribution in [0.5, 0.6) is 5.75 Å². The number of ether oxygens (including phenoxy) is 1. The molecule has 0 saturated heterocycles. The Morgan fingerprint density at radius 1 is 1.00 bits per heavy atom. The van der Waals surface area contributed by atoms with E-state index < -0.39 is 0 Å². The van der Waals surface area contributed by atoms with E-state index in [1.54, 1.807) is 18.4 Å². The molecule has 1 atom stereocenters. The number of pyridine rings is 1. The quantitative estimate of drug-likeness (QED) is 0.438. The van der Waals surface area contributed by atoms with Crippen LogP contribution in [0.15, 0.2) is 71.8 Å². The molecule has 1 aromatic carbocycles. The summed E-state index contributed by atoms with van der Waals surface area (Å²) in [7, 11) is 1.66. The lowest BCUT2D eigenvalue weighted by molar-refractivity contribution is 0.415. The second-order valence-electron chi connectivity index (χ2n) is 7.12. The van der Waals surface area contributed by atoms with Gasteiger partial charge in [0.1, 0.15) is 5.75 Å². The summed E-state index contributed by atoms with van der Waals surface area (Å²) in [6, 6.07) is 14.1. The average Bonchev–Trinajstić information content (AvgIpc) is 3.31. The van der Waals surface area contributed by atoms with E-state index >= 15 is 0 Å². The summed E-state index contributed by atoms with van der Waals surface area (Å²) in [5.41, 5.74) is 5.59. The van der Waals surface area contributed by atoms with Gasteiger partial charge in [-0.1, -0.05) is 6.07 Å². The monoisotopic (exact) mass is 416 g/mol. The third kappa shape index (κ3) is 4.90. The average molecular weight is 417 g/mol. The molecule has 152 valence electrons. The van der Waals surface area contributed by atoms with Crippen LogP contribution >= 0.6 is 11.3 Å². The molecule has 0 radical (unpaired) electrons. The lowest BCUT2D eigenvalue weighted by Gasteiger charge is -2.19. The Hall–Kier alpha value is -3.09. The fraction of sp³-hybridized carbons (Fsp3) is 0.208. The summed E-state index contributed by atoms with van der Waals surface area (Å²) >= 11 is 1.72. The Morgan fingerprint density at radius 3 is 2.47 bits per heavy atom. The second kappa shape index (κ2) is 9.61. The predicted molar refractivity (Wildman–Crippen MR) is 121 cm³/mol. The zero-order valence-electron chi connectivity index (χ0n) is 17.1. The van der Waals surface area contributed by atoms with Crippen molar-refractivity contribution >= 4 is 11.3 Å². The zero-order chi connectivity index (χ0) is 20.8. The minimum atomic E-state index is 0.127. The van der Waals surface area contributed by atoms with E-state index in [1.165, 1.54) is 11.1 Å². The van der Waals surface area contributed by atoms with Gasteiger partial charge < -0.3 is 10.1 Å². The van der Waals surface area contributed by atoms with Gasteiger partial charge in [-0.2, -0.15) is 11.3 Å². The van der Waals surface area contributed by atoms with E-state index in [2.05, 4.69) is 50.1 Å². The van der Waals surface area contributed by atoms with E-state index in [0.29, 0.717) is 12.4 Å². The molecule has 0 spiro atoms. The van der Waals surface area contributed by atoms with Crippen LogP contribution in [-0.4, -0.2) is 22.1 Å². The number of nitrogens with zero attached hydrogens (tertiary/aromatic N) is 3. The minimum absolute atomic E-state index is 0.127. The summed E-state index contributed by atoms with van der Waals surface area (Å²) < 4.78 is 5.21. The van der Waals surface area contributed by atoms with Crippen molar-refractivity contribution in [2.75, 3.05) is 7.11 Å². The normalized spacial score (nSPS) is 11.9. The van der Waals surface area contributed by atoms with Gasteiger partial charge in [0.15, 0.2) is 5.82 Å². The molecule has 5 nitrogen and oxygen atoms in total. The highest BCUT2D eigenvalue weighted by Crippen LogP contribution is 2.22. The van der Waals surface area contributed by atoms with Crippen molar-refractivity contribution in [2.24, 2.45) is 0 Å². The number of aryl methyl sites for hydroxylation is 1. The van der Waals surface area contributed by atoms with E-state index in [-0.39, 0.29) is 6.04 Å². The molecule has 0 aliphatic heterocycles. The summed E-state index contributed by atoms with van der Waals surface area (Å²) in [5, 5.41) is 7.96. The fourth-order valence-corrected chi connectivity index (χ4v) is 4.03. The maximum absolute atomic E-state index is 5.21. The van der Waals surface area contributed by atoms with Gasteiger partial charge in [0, 0.05) is 36.3 Å². The van der Waals surface area contributed by atoms with Crippen molar-refractivity contribution in [2.45, 2.75) is 25.9 Å². The molecule has 4 rings (SSSR count). The van der Waals surface area contributed by atoms with E-state index in [0.717, 1.165) is 29.0 Å². The van der Waals surface area contributed by atoms with E-state index in [9.17, 15) is 0 Å². The van der Waals surface area contributed by atoms with Crippen molar-refractivity contribution in [1.29, 1.82) is 0 Å². The Labute approximate surface area is 180 Å². The van der Waals surface area contributed by atoms with Crippen LogP contribution in [0.1, 0.15) is 28.4 Å². The Morgan fingerprint density at radius 2 is 1.80 bits per heavy atom. The molecule has 0 aliphatic rings. The number of hydrogen-bond acceptors (Lipinski definition) is 6. The summed E-state index contributed by atoms with van der Waals surface area (Å²) in [6.07, 6.45) is 6.52. The van der Waals surface area contributed by atoms with Gasteiger partial charge in [0.2, 0.25) is 0 Å². The van der Waals surface area contributed by atoms with Crippen LogP contribution in [0, 0.1) is 6.92 Å². The van der Waals surface area contributed by atoms with Crippen LogP contribution in [0.2, 0.25) is 0 Å². The van der Waals surface area contributed by atoms with E-state index in [4.69, 9.17) is 4.74 Å². The first-order valence-corrected chi connectivity index (χ1v) is 10.8. The summed E-state index contributed by atoms with van der Waals surface area (Å²) in [6.45, 7) is 2.78. The number of thiophene rings is 1. The topological polar surface area (TPSA) is 59.9 Å². The molecule has 0 bridgehead atoms. The molecular weight excluding hydrogens is 392 g/mol. The van der Waals surface area contributed by atoms with Gasteiger partial charge in [0.05, 0.1) is 18.8 Å². The first kappa shape index (κ1) is 20.2. The second-order valence-corrected chi connectivity index (χ2v) is 7.90. The van der Waals surface area contributed by atoms with Gasteiger partial charge in [-0.15, -0.1) is 0 Å². The highest BCUT2D eigenvalue weighted by Gasteiger charge is 2.16. The van der Waals surface area contributed by atoms with Gasteiger partial charge in [-0.05, 0) is 71.6 Å². The smallest absolute Gasteiger partial charge is 0.159 e. The maximum atomic E-state index is 5.21. The Balaban J connectivity index is 1.47. The highest BCUT2D eigenvalue weighted by atomic mass is 32.1. The molecule has 0 unspecified atom stereocenters. The molecule has 0 fully saturated rings. The number of rotatable bonds is 8. The van der Waals surface area contributed by atoms with Crippen molar-refractivity contribution in [1.82, 2.24) is 20.3 Å². The highest BCUT2D eigenvalue weighted by molar-refractivity contribution is 7.07. The molecule has 4 aromatic rings. The van der Waals surface area contributed by atoms with Gasteiger partial charge in [-0.25, -0.2) is 9.97 Å². The zero-order valence-corrected chi connectivity index (χ0v) is 17.9. The van der Waals surface area contributed by atoms with Crippen LogP contribution in [0.4, 0.5) is 0 Å². The Kier molecular flexibility index (Phi) is 6.47. The molecule has 6 heteroatoms. The predicted octanol–water partition coefficient (Wildman–Crippen LogP) is 4.99. The number of nitrogens with one attached hydrogen (secondary N) is 1. The van der Waals surface area contributed by atoms with Crippen LogP contribution < -0.4 is 10.1 Å². The lowest BCUT2D eigenvalue weighted by atomic mass is 10.0. The molecule has 0 saturated carbocycles. The number of hydrogen-bond donors (Lipinski definition) is 1. The summed E-state index contributed by atoms with van der Waals surface area (Å²) in [5.74, 6) is 1.53. The Bertz CT molecular complexity index is 1060. The molecule has 3 aromatic heterocycles. The molecule has 0 amide bonds. The van der Waals surface area contributed by atoms with Crippen LogP contribution in [0.3, 0.4) is 0 Å². The largest absolute Gasteiger partial charge is 0.497 e. The third-order valence-corrected chi connectivity index (χ3v) is 5.74. The summed E-state index contributed by atoms with van der Waals surface area (Å²) in [4.78, 5) is 13.7. The molecule has 0 aliphatic carbocycles. The first-order valence-electron chi connectivity index (χ1n) is 9.84. The van der Waals surface area contributed by atoms with Gasteiger partial charge in [-0.3, -0.25) is 4.98 Å². The van der Waals surface area contributed by atoms with Gasteiger partial charge >= 0.3 is 0 Å². The molecule has 30 heavy (non-hydrogen) atoms. The third-order valence-electron chi connectivity index (χ3n) is 5.01. The maximum Gasteiger partial charge on any atom is 0.159 e. The SMILES string of the molecule is COc1ccc(-c2ncc(CN[C@@H](Cc3ccsc3)c3ncccc3C)cn2)cc1. The van der Waals surface area contributed by atoms with Crippen molar-refractivity contribution in [3.05, 3.63) is 94.2 Å². The van der Waals surface area contributed by atoms with Crippen molar-refractivity contribution in [3.63, 3.8) is 0 Å². The number of benzene rings is 1. The van der Waals surface area contributed by atoms with Crippen molar-refractivity contribution in [3.8, 4) is 17.1 Å². The van der Waals surface area contributed by atoms with E-state index in [1.807, 2.05) is 48.9 Å². The minimum Gasteiger partial charge on any atom is -0.497 e. The van der Waals surface area contributed by atoms with Crippen molar-refractivity contribution < 1.29 is 4.74 Å². The standard InChI is InChI=1S/C24H24N4OS/c1-17-4-3-10-25-23(17)22(12-18-9-11-30-16-18)26-13-19-14-27-24(28-15-19)20-5-7-21(29-2)8-6-20/h3-11,14-16,22,26H,12-13H2,1-2H3/t22-/m0/s1. The molecule has 3 heterocycles. The number of methoxy groups -OCH3 is 1. The lowest BCUT2D eigenvalue weighted by Crippen LogP contribution is -2.24. The molecule has 1 N–H and O–H groups in total. The van der Waals surface area contributed by atoms with Crippen LogP contribution in [-0.2, 0) is 13.0 Å². The fourth-order valence-electron chi connectivity index (χ4n) is 3.35. The first-order chi connectivity index (χ1) is 14.7. The molecular formula is C24H24N4OS. The van der Waals surface area contributed by atoms with Gasteiger partial charge in [0.25, 0.3) is 0 Å².